The molecule has 4 aromatic rings. The minimum absolute atomic E-state index is 0.223. The molecule has 10 heteroatoms. The van der Waals surface area contributed by atoms with E-state index < -0.39 is 5.92 Å². The van der Waals surface area contributed by atoms with Gasteiger partial charge in [0.25, 0.3) is 5.91 Å². The molecular weight excluding hydrogens is 446 g/mol. The number of H-pyrrole nitrogens is 1. The molecule has 1 aliphatic heterocycles. The number of carbonyl (C=O) groups excluding carboxylic acids is 3. The van der Waals surface area contributed by atoms with Crippen LogP contribution in [0.4, 0.5) is 17.2 Å². The van der Waals surface area contributed by atoms with Crippen molar-refractivity contribution in [3.8, 4) is 0 Å². The number of nitrogens with one attached hydrogen (secondary N) is 3. The van der Waals surface area contributed by atoms with Crippen LogP contribution in [0.25, 0.3) is 0 Å². The van der Waals surface area contributed by atoms with Crippen LogP contribution in [0.15, 0.2) is 65.9 Å². The first kappa shape index (κ1) is 22.0. The van der Waals surface area contributed by atoms with Gasteiger partial charge in [0.05, 0.1) is 0 Å². The molecule has 0 fully saturated rings. The predicted octanol–water partition coefficient (Wildman–Crippen LogP) is 3.37. The molecule has 5 rings (SSSR count). The van der Waals surface area contributed by atoms with Crippen LogP contribution in [0.5, 0.6) is 0 Å². The van der Waals surface area contributed by atoms with Crippen LogP contribution >= 0.6 is 0 Å². The van der Waals surface area contributed by atoms with Crippen LogP contribution in [0.1, 0.15) is 43.7 Å². The van der Waals surface area contributed by atoms with Gasteiger partial charge < -0.3 is 15.2 Å². The Morgan fingerprint density at radius 2 is 1.97 bits per heavy atom. The highest BCUT2D eigenvalue weighted by Gasteiger charge is 2.30. The van der Waals surface area contributed by atoms with Crippen molar-refractivity contribution in [2.45, 2.75) is 12.8 Å². The number of rotatable bonds is 6. The van der Waals surface area contributed by atoms with Crippen LogP contribution < -0.4 is 10.6 Å². The molecule has 2 amide bonds. The maximum absolute atomic E-state index is 13.3. The molecule has 0 radical (unpaired) electrons. The Labute approximate surface area is 200 Å². The molecule has 2 aromatic carbocycles. The van der Waals surface area contributed by atoms with Crippen molar-refractivity contribution in [1.29, 1.82) is 0 Å². The summed E-state index contributed by atoms with van der Waals surface area (Å²) in [5.41, 5.74) is 3.45. The molecule has 0 saturated carbocycles. The number of aliphatic imine (C=N–C) groups is 1. The van der Waals surface area contributed by atoms with Gasteiger partial charge in [-0.2, -0.15) is 5.10 Å². The lowest BCUT2D eigenvalue weighted by Gasteiger charge is -2.09. The fourth-order valence-electron chi connectivity index (χ4n) is 3.87. The van der Waals surface area contributed by atoms with E-state index in [0.717, 1.165) is 5.69 Å². The van der Waals surface area contributed by atoms with Crippen LogP contribution in [-0.2, 0) is 11.8 Å². The summed E-state index contributed by atoms with van der Waals surface area (Å²) in [5, 5.41) is 12.4. The van der Waals surface area contributed by atoms with Gasteiger partial charge >= 0.3 is 0 Å². The largest absolute Gasteiger partial charge is 0.330 e. The zero-order valence-corrected chi connectivity index (χ0v) is 18.9. The molecular formula is C25H21N7O3. The maximum Gasteiger partial charge on any atom is 0.291 e. The first-order chi connectivity index (χ1) is 16.9. The van der Waals surface area contributed by atoms with Crippen molar-refractivity contribution in [3.05, 3.63) is 89.1 Å². The number of aryl methyl sites for hydroxylation is 2. The van der Waals surface area contributed by atoms with Gasteiger partial charge in [0.1, 0.15) is 5.92 Å². The number of fused-ring (bicyclic) bond motifs is 1. The van der Waals surface area contributed by atoms with Crippen LogP contribution in [0.2, 0.25) is 0 Å². The van der Waals surface area contributed by atoms with Crippen molar-refractivity contribution in [2.75, 3.05) is 10.6 Å². The van der Waals surface area contributed by atoms with E-state index in [-0.39, 0.29) is 23.4 Å². The summed E-state index contributed by atoms with van der Waals surface area (Å²) >= 11 is 0. The lowest BCUT2D eigenvalue weighted by atomic mass is 9.96. The Morgan fingerprint density at radius 1 is 1.14 bits per heavy atom. The minimum Gasteiger partial charge on any atom is -0.330 e. The molecule has 0 spiro atoms. The molecule has 3 heterocycles. The third kappa shape index (κ3) is 4.36. The molecule has 1 unspecified atom stereocenters. The van der Waals surface area contributed by atoms with Gasteiger partial charge in [-0.3, -0.25) is 19.5 Å². The van der Waals surface area contributed by atoms with E-state index in [0.29, 0.717) is 33.9 Å². The van der Waals surface area contributed by atoms with E-state index in [1.54, 1.807) is 66.3 Å². The Kier molecular flexibility index (Phi) is 5.54. The zero-order valence-electron chi connectivity index (χ0n) is 18.9. The van der Waals surface area contributed by atoms with Gasteiger partial charge in [-0.05, 0) is 42.8 Å². The number of aromatic amines is 1. The molecule has 35 heavy (non-hydrogen) atoms. The number of imidazole rings is 1. The van der Waals surface area contributed by atoms with E-state index in [1.807, 2.05) is 6.92 Å². The number of amides is 2. The molecule has 2 aromatic heterocycles. The number of aromatic nitrogens is 4. The lowest BCUT2D eigenvalue weighted by molar-refractivity contribution is -0.115. The van der Waals surface area contributed by atoms with Gasteiger partial charge in [0.2, 0.25) is 5.91 Å². The molecule has 1 atom stereocenters. The van der Waals surface area contributed by atoms with E-state index >= 15 is 0 Å². The average molecular weight is 467 g/mol. The van der Waals surface area contributed by atoms with Crippen LogP contribution in [0, 0.1) is 6.92 Å². The van der Waals surface area contributed by atoms with Crippen molar-refractivity contribution >= 4 is 41.0 Å². The van der Waals surface area contributed by atoms with E-state index in [1.165, 1.54) is 12.4 Å². The van der Waals surface area contributed by atoms with E-state index in [2.05, 4.69) is 30.8 Å². The maximum atomic E-state index is 13.3. The number of nitrogens with zero attached hydrogens (tertiary/aromatic N) is 4. The molecule has 174 valence electrons. The minimum atomic E-state index is -0.641. The van der Waals surface area contributed by atoms with Crippen LogP contribution in [0.3, 0.4) is 0 Å². The number of carbonyl (C=O) groups is 3. The van der Waals surface area contributed by atoms with E-state index in [9.17, 15) is 14.4 Å². The third-order valence-electron chi connectivity index (χ3n) is 5.64. The topological polar surface area (TPSA) is 134 Å². The van der Waals surface area contributed by atoms with Crippen LogP contribution in [-0.4, -0.2) is 43.6 Å². The highest BCUT2D eigenvalue weighted by Crippen LogP contribution is 2.33. The smallest absolute Gasteiger partial charge is 0.291 e. The van der Waals surface area contributed by atoms with Gasteiger partial charge in [0.15, 0.2) is 17.4 Å². The molecule has 0 saturated heterocycles. The Morgan fingerprint density at radius 3 is 2.71 bits per heavy atom. The van der Waals surface area contributed by atoms with Gasteiger partial charge in [-0.15, -0.1) is 0 Å². The average Bonchev–Trinajstić information content (AvgIpc) is 3.55. The summed E-state index contributed by atoms with van der Waals surface area (Å²) < 4.78 is 1.61. The molecule has 1 aliphatic rings. The SMILES string of the molecule is Cc1cc(N=CC2C(=O)Nc3ccc(C(=O)c4cccc(NC(=O)c5nccn5C)c4)cc32)n[nH]1. The number of hydrogen-bond acceptors (Lipinski definition) is 6. The third-order valence-corrected chi connectivity index (χ3v) is 5.64. The quantitative estimate of drug-likeness (QED) is 0.295. The van der Waals surface area contributed by atoms with Gasteiger partial charge in [-0.25, -0.2) is 9.98 Å². The molecule has 3 N–H and O–H groups in total. The number of anilines is 2. The van der Waals surface area contributed by atoms with E-state index in [4.69, 9.17) is 0 Å². The van der Waals surface area contributed by atoms with Crippen molar-refractivity contribution in [3.63, 3.8) is 0 Å². The summed E-state index contributed by atoms with van der Waals surface area (Å²) in [5.74, 6) is -0.745. The Balaban J connectivity index is 1.38. The van der Waals surface area contributed by atoms with Crippen molar-refractivity contribution in [2.24, 2.45) is 12.0 Å². The fourth-order valence-corrected chi connectivity index (χ4v) is 3.87. The number of benzene rings is 2. The second-order valence-electron chi connectivity index (χ2n) is 8.18. The van der Waals surface area contributed by atoms with Gasteiger partial charge in [0, 0.05) is 59.9 Å². The molecule has 10 nitrogen and oxygen atoms in total. The monoisotopic (exact) mass is 467 g/mol. The number of hydrogen-bond donors (Lipinski definition) is 3. The zero-order chi connectivity index (χ0) is 24.5. The lowest BCUT2D eigenvalue weighted by Crippen LogP contribution is -2.17. The second kappa shape index (κ2) is 8.82. The Bertz CT molecular complexity index is 1500. The summed E-state index contributed by atoms with van der Waals surface area (Å²) in [6.45, 7) is 1.86. The van der Waals surface area contributed by atoms with Crippen molar-refractivity contribution in [1.82, 2.24) is 19.7 Å². The van der Waals surface area contributed by atoms with Gasteiger partial charge in [-0.1, -0.05) is 12.1 Å². The highest BCUT2D eigenvalue weighted by molar-refractivity contribution is 6.15. The fraction of sp³-hybridized carbons (Fsp3) is 0.120. The summed E-state index contributed by atoms with van der Waals surface area (Å²) in [6.07, 6.45) is 4.74. The first-order valence-corrected chi connectivity index (χ1v) is 10.8. The summed E-state index contributed by atoms with van der Waals surface area (Å²) in [4.78, 5) is 46.6. The first-order valence-electron chi connectivity index (χ1n) is 10.8. The standard InChI is InChI=1S/C25H21N7O3/c1-14-10-21(31-30-14)27-13-19-18-12-16(6-7-20(18)29-24(19)34)22(33)15-4-3-5-17(11-15)28-25(35)23-26-8-9-32(23)2/h3-13,19H,1-2H3,(H,28,35)(H,29,34)(H,30,31). The second-order valence-corrected chi connectivity index (χ2v) is 8.18. The Hall–Kier alpha value is -4.86. The van der Waals surface area contributed by atoms with Crippen molar-refractivity contribution < 1.29 is 14.4 Å². The summed E-state index contributed by atoms with van der Waals surface area (Å²) in [6, 6.07) is 13.5. The summed E-state index contributed by atoms with van der Waals surface area (Å²) in [7, 11) is 1.73. The highest BCUT2D eigenvalue weighted by atomic mass is 16.2. The number of ketones is 1. The predicted molar refractivity (Wildman–Crippen MR) is 130 cm³/mol. The normalized spacial score (nSPS) is 14.7. The molecule has 0 aliphatic carbocycles. The molecule has 0 bridgehead atoms.